The Kier molecular flexibility index (Phi) is 3.48. The van der Waals surface area contributed by atoms with Gasteiger partial charge in [-0.1, -0.05) is 12.8 Å². The van der Waals surface area contributed by atoms with E-state index in [0.29, 0.717) is 13.0 Å². The first-order chi connectivity index (χ1) is 6.06. The predicted octanol–water partition coefficient (Wildman–Crippen LogP) is 2.56. The zero-order chi connectivity index (χ0) is 9.90. The van der Waals surface area contributed by atoms with Gasteiger partial charge in [-0.2, -0.15) is 0 Å². The molecular weight excluding hydrogens is 164 g/mol. The summed E-state index contributed by atoms with van der Waals surface area (Å²) in [5.41, 5.74) is -0.566. The normalized spacial score (nSPS) is 17.5. The number of hydrogen-bond donors (Lipinski definition) is 0. The molecule has 0 radical (unpaired) electrons. The van der Waals surface area contributed by atoms with E-state index in [-0.39, 0.29) is 5.78 Å². The second kappa shape index (κ2) is 4.23. The first-order valence-electron chi connectivity index (χ1n) is 5.23. The molecule has 0 aromatic heterocycles. The van der Waals surface area contributed by atoms with Crippen molar-refractivity contribution in [1.29, 1.82) is 0 Å². The van der Waals surface area contributed by atoms with E-state index in [2.05, 4.69) is 0 Å². The van der Waals surface area contributed by atoms with Crippen LogP contribution in [-0.4, -0.2) is 18.0 Å². The molecule has 76 valence electrons. The zero-order valence-electron chi connectivity index (χ0n) is 8.93. The van der Waals surface area contributed by atoms with Gasteiger partial charge in [0.25, 0.3) is 0 Å². The summed E-state index contributed by atoms with van der Waals surface area (Å²) in [6.07, 6.45) is 4.40. The summed E-state index contributed by atoms with van der Waals surface area (Å²) in [7, 11) is 0. The van der Waals surface area contributed by atoms with Gasteiger partial charge in [0.05, 0.1) is 0 Å². The summed E-state index contributed by atoms with van der Waals surface area (Å²) < 4.78 is 5.39. The fraction of sp³-hybridized carbons (Fsp3) is 0.909. The molecule has 0 aromatic carbocycles. The fourth-order valence-corrected chi connectivity index (χ4v) is 1.48. The van der Waals surface area contributed by atoms with Crippen LogP contribution in [0.25, 0.3) is 0 Å². The van der Waals surface area contributed by atoms with Crippen LogP contribution in [0.4, 0.5) is 0 Å². The van der Waals surface area contributed by atoms with Crippen molar-refractivity contribution in [3.8, 4) is 0 Å². The molecule has 1 saturated carbocycles. The third-order valence-electron chi connectivity index (χ3n) is 2.65. The molecule has 0 unspecified atom stereocenters. The number of Topliss-reactive ketones (excluding diaryl/α,β-unsaturated/α-hetero) is 1. The summed E-state index contributed by atoms with van der Waals surface area (Å²) in [5, 5.41) is 0. The van der Waals surface area contributed by atoms with Crippen LogP contribution in [0.2, 0.25) is 0 Å². The van der Waals surface area contributed by atoms with Crippen molar-refractivity contribution in [2.75, 3.05) is 6.61 Å². The fourth-order valence-electron chi connectivity index (χ4n) is 1.48. The van der Waals surface area contributed by atoms with Crippen LogP contribution in [0.1, 0.15) is 46.5 Å². The Balaban J connectivity index is 2.26. The van der Waals surface area contributed by atoms with Crippen LogP contribution in [-0.2, 0) is 9.53 Å². The molecule has 0 saturated heterocycles. The molecule has 13 heavy (non-hydrogen) atoms. The highest BCUT2D eigenvalue weighted by Gasteiger charge is 2.29. The summed E-state index contributed by atoms with van der Waals surface area (Å²) in [6, 6.07) is 0. The van der Waals surface area contributed by atoms with Gasteiger partial charge in [-0.3, -0.25) is 4.79 Å². The average molecular weight is 184 g/mol. The summed E-state index contributed by atoms with van der Waals surface area (Å²) in [6.45, 7) is 6.27. The predicted molar refractivity (Wildman–Crippen MR) is 52.7 cm³/mol. The Morgan fingerprint density at radius 1 is 1.46 bits per heavy atom. The van der Waals surface area contributed by atoms with E-state index in [1.54, 1.807) is 0 Å². The second-order valence-corrected chi connectivity index (χ2v) is 4.35. The van der Waals surface area contributed by atoms with E-state index in [1.165, 1.54) is 12.8 Å². The van der Waals surface area contributed by atoms with Gasteiger partial charge >= 0.3 is 0 Å². The maximum absolute atomic E-state index is 11.7. The highest BCUT2D eigenvalue weighted by molar-refractivity contribution is 5.86. The first-order valence-corrected chi connectivity index (χ1v) is 5.23. The Hall–Kier alpha value is -0.370. The third kappa shape index (κ3) is 3.47. The third-order valence-corrected chi connectivity index (χ3v) is 2.65. The van der Waals surface area contributed by atoms with Crippen molar-refractivity contribution in [2.24, 2.45) is 5.92 Å². The lowest BCUT2D eigenvalue weighted by atomic mass is 9.98. The maximum Gasteiger partial charge on any atom is 0.164 e. The molecule has 0 aromatic rings. The SMILES string of the molecule is CCOC(C)(C)C(=O)CCC1CC1. The highest BCUT2D eigenvalue weighted by atomic mass is 16.5. The Morgan fingerprint density at radius 3 is 2.54 bits per heavy atom. The van der Waals surface area contributed by atoms with Gasteiger partial charge in [0, 0.05) is 13.0 Å². The number of carbonyl (C=O) groups excluding carboxylic acids is 1. The minimum Gasteiger partial charge on any atom is -0.368 e. The van der Waals surface area contributed by atoms with Crippen LogP contribution < -0.4 is 0 Å². The van der Waals surface area contributed by atoms with Gasteiger partial charge < -0.3 is 4.74 Å². The largest absolute Gasteiger partial charge is 0.368 e. The van der Waals surface area contributed by atoms with Gasteiger partial charge in [0.15, 0.2) is 5.78 Å². The molecule has 2 heteroatoms. The highest BCUT2D eigenvalue weighted by Crippen LogP contribution is 2.34. The maximum atomic E-state index is 11.7. The number of ketones is 1. The van der Waals surface area contributed by atoms with E-state index in [0.717, 1.165) is 12.3 Å². The van der Waals surface area contributed by atoms with E-state index in [4.69, 9.17) is 4.74 Å². The molecule has 1 aliphatic rings. The monoisotopic (exact) mass is 184 g/mol. The van der Waals surface area contributed by atoms with Gasteiger partial charge in [-0.05, 0) is 33.1 Å². The summed E-state index contributed by atoms with van der Waals surface area (Å²) >= 11 is 0. The molecule has 1 rings (SSSR count). The smallest absolute Gasteiger partial charge is 0.164 e. The molecule has 0 spiro atoms. The van der Waals surface area contributed by atoms with E-state index in [1.807, 2.05) is 20.8 Å². The van der Waals surface area contributed by atoms with E-state index >= 15 is 0 Å². The number of ether oxygens (including phenoxy) is 1. The molecule has 0 atom stereocenters. The van der Waals surface area contributed by atoms with Crippen LogP contribution in [0.5, 0.6) is 0 Å². The van der Waals surface area contributed by atoms with Crippen LogP contribution in [0.3, 0.4) is 0 Å². The zero-order valence-corrected chi connectivity index (χ0v) is 8.93. The molecule has 0 heterocycles. The molecule has 1 fully saturated rings. The van der Waals surface area contributed by atoms with Crippen molar-refractivity contribution < 1.29 is 9.53 Å². The quantitative estimate of drug-likeness (QED) is 0.634. The van der Waals surface area contributed by atoms with Gasteiger partial charge in [0.1, 0.15) is 5.60 Å². The number of rotatable bonds is 6. The molecule has 0 amide bonds. The van der Waals surface area contributed by atoms with Gasteiger partial charge in [-0.15, -0.1) is 0 Å². The Bertz CT molecular complexity index is 181. The molecule has 0 bridgehead atoms. The minimum absolute atomic E-state index is 0.251. The standard InChI is InChI=1S/C11H20O2/c1-4-13-11(2,3)10(12)8-7-9-5-6-9/h9H,4-8H2,1-3H3. The molecule has 0 N–H and O–H groups in total. The minimum atomic E-state index is -0.566. The molecule has 2 nitrogen and oxygen atoms in total. The first kappa shape index (κ1) is 10.7. The van der Waals surface area contributed by atoms with Crippen LogP contribution in [0.15, 0.2) is 0 Å². The van der Waals surface area contributed by atoms with Gasteiger partial charge in [-0.25, -0.2) is 0 Å². The Morgan fingerprint density at radius 2 is 2.08 bits per heavy atom. The summed E-state index contributed by atoms with van der Waals surface area (Å²) in [4.78, 5) is 11.7. The van der Waals surface area contributed by atoms with Crippen LogP contribution >= 0.6 is 0 Å². The molecule has 1 aliphatic carbocycles. The molecular formula is C11H20O2. The number of carbonyl (C=O) groups is 1. The van der Waals surface area contributed by atoms with Crippen molar-refractivity contribution in [2.45, 2.75) is 52.1 Å². The second-order valence-electron chi connectivity index (χ2n) is 4.35. The van der Waals surface area contributed by atoms with E-state index < -0.39 is 5.60 Å². The van der Waals surface area contributed by atoms with Crippen molar-refractivity contribution in [3.05, 3.63) is 0 Å². The van der Waals surface area contributed by atoms with Crippen molar-refractivity contribution in [1.82, 2.24) is 0 Å². The average Bonchev–Trinajstić information content (AvgIpc) is 2.83. The number of hydrogen-bond acceptors (Lipinski definition) is 2. The van der Waals surface area contributed by atoms with E-state index in [9.17, 15) is 4.79 Å². The van der Waals surface area contributed by atoms with Crippen LogP contribution in [0, 0.1) is 5.92 Å². The summed E-state index contributed by atoms with van der Waals surface area (Å²) in [5.74, 6) is 1.09. The molecule has 0 aliphatic heterocycles. The Labute approximate surface area is 80.7 Å². The van der Waals surface area contributed by atoms with Gasteiger partial charge in [0.2, 0.25) is 0 Å². The lowest BCUT2D eigenvalue weighted by Gasteiger charge is -2.22. The van der Waals surface area contributed by atoms with Crippen molar-refractivity contribution in [3.63, 3.8) is 0 Å². The topological polar surface area (TPSA) is 26.3 Å². The van der Waals surface area contributed by atoms with Crippen molar-refractivity contribution >= 4 is 5.78 Å². The lowest BCUT2D eigenvalue weighted by molar-refractivity contribution is -0.140. The lowest BCUT2D eigenvalue weighted by Crippen LogP contribution is -2.34.